The molecule has 2 aliphatic rings. The van der Waals surface area contributed by atoms with E-state index in [4.69, 9.17) is 5.73 Å². The third-order valence-corrected chi connectivity index (χ3v) is 4.96. The van der Waals surface area contributed by atoms with Crippen LogP contribution in [0.15, 0.2) is 0 Å². The van der Waals surface area contributed by atoms with Crippen molar-refractivity contribution in [1.82, 2.24) is 20.4 Å². The number of aromatic amines is 1. The van der Waals surface area contributed by atoms with Gasteiger partial charge < -0.3 is 16.0 Å². The fourth-order valence-corrected chi connectivity index (χ4v) is 3.62. The third kappa shape index (κ3) is 2.28. The van der Waals surface area contributed by atoms with Gasteiger partial charge in [0.2, 0.25) is 0 Å². The number of nitrogens with one attached hydrogen (secondary N) is 2. The average Bonchev–Trinajstić information content (AvgIpc) is 2.85. The number of aromatic nitrogens is 2. The molecular weight excluding hydrogens is 254 g/mol. The van der Waals surface area contributed by atoms with E-state index in [2.05, 4.69) is 27.5 Å². The number of nitrogens with zero attached hydrogens (tertiary/aromatic N) is 2. The first-order valence-corrected chi connectivity index (χ1v) is 7.36. The lowest BCUT2D eigenvalue weighted by atomic mass is 9.91. The Morgan fingerprint density at radius 2 is 2.10 bits per heavy atom. The second kappa shape index (κ2) is 5.09. The van der Waals surface area contributed by atoms with Crippen LogP contribution < -0.4 is 11.1 Å². The molecule has 1 aromatic rings. The molecule has 2 unspecified atom stereocenters. The Hall–Kier alpha value is -1.56. The van der Waals surface area contributed by atoms with Crippen molar-refractivity contribution in [2.45, 2.75) is 44.7 Å². The van der Waals surface area contributed by atoms with Crippen molar-refractivity contribution in [1.29, 1.82) is 0 Å². The Morgan fingerprint density at radius 3 is 2.65 bits per heavy atom. The molecular formula is C14H23N5O. The van der Waals surface area contributed by atoms with Crippen LogP contribution >= 0.6 is 0 Å². The van der Waals surface area contributed by atoms with Crippen LogP contribution in [0.1, 0.15) is 41.9 Å². The maximum Gasteiger partial charge on any atom is 0.273 e. The van der Waals surface area contributed by atoms with E-state index in [0.717, 1.165) is 12.2 Å². The molecule has 4 N–H and O–H groups in total. The van der Waals surface area contributed by atoms with Crippen molar-refractivity contribution >= 4 is 11.6 Å². The van der Waals surface area contributed by atoms with Gasteiger partial charge in [-0.25, -0.2) is 0 Å². The van der Waals surface area contributed by atoms with Gasteiger partial charge in [0, 0.05) is 18.6 Å². The monoisotopic (exact) mass is 277 g/mol. The highest BCUT2D eigenvalue weighted by molar-refractivity contribution is 5.97. The number of aryl methyl sites for hydroxylation is 1. The minimum Gasteiger partial charge on any atom is -0.395 e. The van der Waals surface area contributed by atoms with Gasteiger partial charge in [0.25, 0.3) is 5.91 Å². The summed E-state index contributed by atoms with van der Waals surface area (Å²) in [5.41, 5.74) is 7.33. The largest absolute Gasteiger partial charge is 0.395 e. The van der Waals surface area contributed by atoms with Gasteiger partial charge in [-0.15, -0.1) is 0 Å². The zero-order chi connectivity index (χ0) is 14.3. The summed E-state index contributed by atoms with van der Waals surface area (Å²) < 4.78 is 0. The van der Waals surface area contributed by atoms with Crippen LogP contribution in [-0.2, 0) is 0 Å². The molecule has 3 rings (SSSR count). The van der Waals surface area contributed by atoms with Crippen molar-refractivity contribution in [3.63, 3.8) is 0 Å². The lowest BCUT2D eigenvalue weighted by molar-refractivity contribution is 0.0913. The molecule has 2 aliphatic heterocycles. The Morgan fingerprint density at radius 1 is 1.45 bits per heavy atom. The molecule has 20 heavy (non-hydrogen) atoms. The quantitative estimate of drug-likeness (QED) is 0.766. The van der Waals surface area contributed by atoms with Crippen molar-refractivity contribution in [2.24, 2.45) is 5.92 Å². The Kier molecular flexibility index (Phi) is 3.41. The van der Waals surface area contributed by atoms with Crippen LogP contribution in [-0.4, -0.2) is 46.7 Å². The number of carbonyl (C=O) groups excluding carboxylic acids is 1. The number of anilines is 1. The Balaban J connectivity index is 1.55. The summed E-state index contributed by atoms with van der Waals surface area (Å²) >= 11 is 0. The molecule has 1 aromatic heterocycles. The summed E-state index contributed by atoms with van der Waals surface area (Å²) in [7, 11) is 2.23. The summed E-state index contributed by atoms with van der Waals surface area (Å²) in [6, 6.07) is 1.40. The predicted octanol–water partition coefficient (Wildman–Crippen LogP) is 0.903. The number of nitrogens with two attached hydrogens (primary N) is 1. The maximum absolute atomic E-state index is 12.1. The van der Waals surface area contributed by atoms with E-state index in [1.54, 1.807) is 0 Å². The number of hydrogen-bond donors (Lipinski definition) is 3. The maximum atomic E-state index is 12.1. The number of carbonyl (C=O) groups is 1. The number of H-pyrrole nitrogens is 1. The first-order chi connectivity index (χ1) is 9.56. The molecule has 110 valence electrons. The fraction of sp³-hybridized carbons (Fsp3) is 0.714. The predicted molar refractivity (Wildman–Crippen MR) is 77.4 cm³/mol. The normalized spacial score (nSPS) is 29.6. The van der Waals surface area contributed by atoms with Crippen LogP contribution in [0.25, 0.3) is 0 Å². The first kappa shape index (κ1) is 13.4. The van der Waals surface area contributed by atoms with Crippen LogP contribution in [0, 0.1) is 12.8 Å². The van der Waals surface area contributed by atoms with E-state index in [9.17, 15) is 4.79 Å². The molecule has 0 aliphatic carbocycles. The summed E-state index contributed by atoms with van der Waals surface area (Å²) in [6.07, 6.45) is 4.97. The van der Waals surface area contributed by atoms with Gasteiger partial charge in [0.1, 0.15) is 0 Å². The SMILES string of the molecule is Cc1[nH]nc(C(=O)NCC2CC3CCC(C2)N3C)c1N. The standard InChI is InChI=1S/C14H23N5O/c1-8-12(15)13(18-17-8)14(20)16-7-9-5-10-3-4-11(6-9)19(10)2/h9-11H,3-7,15H2,1-2H3,(H,16,20)(H,17,18). The van der Waals surface area contributed by atoms with Crippen LogP contribution in [0.5, 0.6) is 0 Å². The summed E-state index contributed by atoms with van der Waals surface area (Å²) in [6.45, 7) is 2.54. The van der Waals surface area contributed by atoms with E-state index < -0.39 is 0 Å². The van der Waals surface area contributed by atoms with E-state index in [0.29, 0.717) is 29.4 Å². The highest BCUT2D eigenvalue weighted by atomic mass is 16.1. The molecule has 6 nitrogen and oxygen atoms in total. The van der Waals surface area contributed by atoms with Gasteiger partial charge in [0.15, 0.2) is 5.69 Å². The number of amides is 1. The van der Waals surface area contributed by atoms with Crippen molar-refractivity contribution in [3.05, 3.63) is 11.4 Å². The molecule has 2 atom stereocenters. The molecule has 6 heteroatoms. The van der Waals surface area contributed by atoms with Crippen LogP contribution in [0.2, 0.25) is 0 Å². The van der Waals surface area contributed by atoms with E-state index >= 15 is 0 Å². The van der Waals surface area contributed by atoms with Gasteiger partial charge >= 0.3 is 0 Å². The van der Waals surface area contributed by atoms with Crippen LogP contribution in [0.3, 0.4) is 0 Å². The molecule has 0 spiro atoms. The number of piperidine rings is 1. The third-order valence-electron chi connectivity index (χ3n) is 4.96. The second-order valence-electron chi connectivity index (χ2n) is 6.21. The fourth-order valence-electron chi connectivity index (χ4n) is 3.62. The lowest BCUT2D eigenvalue weighted by Crippen LogP contribution is -2.43. The molecule has 0 radical (unpaired) electrons. The van der Waals surface area contributed by atoms with Crippen LogP contribution in [0.4, 0.5) is 5.69 Å². The zero-order valence-electron chi connectivity index (χ0n) is 12.1. The zero-order valence-corrected chi connectivity index (χ0v) is 12.1. The number of fused-ring (bicyclic) bond motifs is 2. The summed E-state index contributed by atoms with van der Waals surface area (Å²) in [4.78, 5) is 14.6. The van der Waals surface area contributed by atoms with Gasteiger partial charge in [-0.05, 0) is 45.6 Å². The lowest BCUT2D eigenvalue weighted by Gasteiger charge is -2.36. The highest BCUT2D eigenvalue weighted by Crippen LogP contribution is 2.37. The summed E-state index contributed by atoms with van der Waals surface area (Å²) in [5.74, 6) is 0.409. The smallest absolute Gasteiger partial charge is 0.273 e. The topological polar surface area (TPSA) is 87.0 Å². The minimum atomic E-state index is -0.168. The molecule has 0 aromatic carbocycles. The van der Waals surface area contributed by atoms with Crippen molar-refractivity contribution in [2.75, 3.05) is 19.3 Å². The van der Waals surface area contributed by atoms with Gasteiger partial charge in [-0.3, -0.25) is 9.89 Å². The first-order valence-electron chi connectivity index (χ1n) is 7.36. The molecule has 0 saturated carbocycles. The number of nitrogen functional groups attached to an aromatic ring is 1. The molecule has 1 amide bonds. The minimum absolute atomic E-state index is 0.168. The van der Waals surface area contributed by atoms with Crippen molar-refractivity contribution in [3.8, 4) is 0 Å². The molecule has 2 saturated heterocycles. The molecule has 2 bridgehead atoms. The van der Waals surface area contributed by atoms with Crippen molar-refractivity contribution < 1.29 is 4.79 Å². The average molecular weight is 277 g/mol. The van der Waals surface area contributed by atoms with Gasteiger partial charge in [0.05, 0.1) is 11.4 Å². The van der Waals surface area contributed by atoms with E-state index in [-0.39, 0.29) is 5.91 Å². The summed E-state index contributed by atoms with van der Waals surface area (Å²) in [5, 5.41) is 9.69. The second-order valence-corrected chi connectivity index (χ2v) is 6.21. The Labute approximate surface area is 119 Å². The molecule has 3 heterocycles. The molecule has 2 fully saturated rings. The van der Waals surface area contributed by atoms with Gasteiger partial charge in [-0.1, -0.05) is 0 Å². The van der Waals surface area contributed by atoms with Gasteiger partial charge in [-0.2, -0.15) is 5.10 Å². The number of rotatable bonds is 3. The Bertz CT molecular complexity index is 498. The van der Waals surface area contributed by atoms with E-state index in [1.807, 2.05) is 6.92 Å². The van der Waals surface area contributed by atoms with E-state index in [1.165, 1.54) is 25.7 Å². The highest BCUT2D eigenvalue weighted by Gasteiger charge is 2.38. The number of hydrogen-bond acceptors (Lipinski definition) is 4.